The predicted molar refractivity (Wildman–Crippen MR) is 137 cm³/mol. The summed E-state index contributed by atoms with van der Waals surface area (Å²) >= 11 is 0.864. The average molecular weight is 474 g/mol. The molecule has 0 aliphatic carbocycles. The molecule has 0 bridgehead atoms. The minimum Gasteiger partial charge on any atom is -0.325 e. The SMILES string of the molecule is CCc1ccccc1-n1c(C)cc(/C=C2\SC(=O)N(CC(=O)Nc3cccc(C)c3)C2=O)c1C. The maximum absolute atomic E-state index is 13.0. The molecule has 1 aromatic heterocycles. The van der Waals surface area contributed by atoms with Crippen LogP contribution in [0.15, 0.2) is 59.5 Å². The van der Waals surface area contributed by atoms with Crippen LogP contribution in [0, 0.1) is 20.8 Å². The summed E-state index contributed by atoms with van der Waals surface area (Å²) in [4.78, 5) is 39.3. The van der Waals surface area contributed by atoms with Crippen LogP contribution in [-0.2, 0) is 16.0 Å². The lowest BCUT2D eigenvalue weighted by Crippen LogP contribution is -2.36. The fourth-order valence-electron chi connectivity index (χ4n) is 4.18. The van der Waals surface area contributed by atoms with Crippen LogP contribution in [0.25, 0.3) is 11.8 Å². The van der Waals surface area contributed by atoms with Crippen LogP contribution in [0.1, 0.15) is 35.0 Å². The molecule has 1 saturated heterocycles. The first-order chi connectivity index (χ1) is 16.3. The van der Waals surface area contributed by atoms with E-state index >= 15 is 0 Å². The Bertz CT molecular complexity index is 1320. The Morgan fingerprint density at radius 2 is 1.79 bits per heavy atom. The first-order valence-corrected chi connectivity index (χ1v) is 12.0. The van der Waals surface area contributed by atoms with Crippen molar-refractivity contribution in [1.29, 1.82) is 0 Å². The zero-order chi connectivity index (χ0) is 24.4. The van der Waals surface area contributed by atoms with Crippen molar-refractivity contribution < 1.29 is 14.4 Å². The van der Waals surface area contributed by atoms with Gasteiger partial charge >= 0.3 is 0 Å². The molecule has 1 aliphatic rings. The van der Waals surface area contributed by atoms with Gasteiger partial charge in [0.05, 0.1) is 4.91 Å². The summed E-state index contributed by atoms with van der Waals surface area (Å²) in [5, 5.41) is 2.30. The molecule has 0 atom stereocenters. The Hall–Kier alpha value is -3.58. The van der Waals surface area contributed by atoms with E-state index in [1.54, 1.807) is 12.1 Å². The van der Waals surface area contributed by atoms with Gasteiger partial charge in [0.25, 0.3) is 11.1 Å². The molecule has 2 heterocycles. The lowest BCUT2D eigenvalue weighted by atomic mass is 10.1. The molecule has 7 heteroatoms. The first-order valence-electron chi connectivity index (χ1n) is 11.2. The molecule has 34 heavy (non-hydrogen) atoms. The van der Waals surface area contributed by atoms with Gasteiger partial charge in [0, 0.05) is 22.8 Å². The number of thioether (sulfide) groups is 1. The fourth-order valence-corrected chi connectivity index (χ4v) is 5.01. The van der Waals surface area contributed by atoms with Gasteiger partial charge in [-0.15, -0.1) is 0 Å². The Morgan fingerprint density at radius 3 is 2.53 bits per heavy atom. The minimum absolute atomic E-state index is 0.317. The number of hydrogen-bond acceptors (Lipinski definition) is 4. The minimum atomic E-state index is -0.451. The molecule has 174 valence electrons. The van der Waals surface area contributed by atoms with E-state index < -0.39 is 17.1 Å². The third-order valence-electron chi connectivity index (χ3n) is 5.85. The molecule has 6 nitrogen and oxygen atoms in total. The molecule has 3 amide bonds. The van der Waals surface area contributed by atoms with Crippen molar-refractivity contribution in [3.05, 3.63) is 87.6 Å². The molecule has 1 aliphatic heterocycles. The normalized spacial score (nSPS) is 14.8. The van der Waals surface area contributed by atoms with Crippen molar-refractivity contribution in [2.45, 2.75) is 34.1 Å². The maximum atomic E-state index is 13.0. The summed E-state index contributed by atoms with van der Waals surface area (Å²) in [5.41, 5.74) is 6.89. The Balaban J connectivity index is 1.55. The van der Waals surface area contributed by atoms with Crippen LogP contribution < -0.4 is 5.32 Å². The molecule has 0 spiro atoms. The number of imide groups is 1. The van der Waals surface area contributed by atoms with E-state index in [2.05, 4.69) is 28.9 Å². The third kappa shape index (κ3) is 4.70. The Kier molecular flexibility index (Phi) is 6.75. The number of hydrogen-bond donors (Lipinski definition) is 1. The summed E-state index contributed by atoms with van der Waals surface area (Å²) in [6.07, 6.45) is 2.66. The maximum Gasteiger partial charge on any atom is 0.294 e. The summed E-state index contributed by atoms with van der Waals surface area (Å²) in [6.45, 7) is 7.76. The van der Waals surface area contributed by atoms with Gasteiger partial charge in [0.15, 0.2) is 0 Å². The van der Waals surface area contributed by atoms with E-state index in [1.165, 1.54) is 5.56 Å². The molecular weight excluding hydrogens is 446 g/mol. The fraction of sp³-hybridized carbons (Fsp3) is 0.222. The van der Waals surface area contributed by atoms with Crippen LogP contribution in [0.4, 0.5) is 10.5 Å². The highest BCUT2D eigenvalue weighted by Crippen LogP contribution is 2.34. The quantitative estimate of drug-likeness (QED) is 0.470. The van der Waals surface area contributed by atoms with Crippen molar-refractivity contribution >= 4 is 40.6 Å². The van der Waals surface area contributed by atoms with Crippen molar-refractivity contribution in [1.82, 2.24) is 9.47 Å². The summed E-state index contributed by atoms with van der Waals surface area (Å²) < 4.78 is 2.17. The standard InChI is InChI=1S/C27H27N3O3S/c1-5-20-10-6-7-12-23(20)30-18(3)14-21(19(30)4)15-24-26(32)29(27(33)34-24)16-25(31)28-22-11-8-9-17(2)13-22/h6-15H,5,16H2,1-4H3,(H,28,31)/b24-15-. The number of aromatic nitrogens is 1. The lowest BCUT2D eigenvalue weighted by molar-refractivity contribution is -0.127. The summed E-state index contributed by atoms with van der Waals surface area (Å²) in [5.74, 6) is -0.864. The van der Waals surface area contributed by atoms with Gasteiger partial charge < -0.3 is 9.88 Å². The molecule has 1 N–H and O–H groups in total. The first kappa shape index (κ1) is 23.6. The van der Waals surface area contributed by atoms with E-state index in [-0.39, 0.29) is 6.54 Å². The number of aryl methyl sites for hydroxylation is 3. The number of carbonyl (C=O) groups excluding carboxylic acids is 3. The molecule has 3 aromatic rings. The van der Waals surface area contributed by atoms with Gasteiger partial charge in [0.2, 0.25) is 5.91 Å². The number of carbonyl (C=O) groups is 3. The van der Waals surface area contributed by atoms with Crippen molar-refractivity contribution in [2.75, 3.05) is 11.9 Å². The van der Waals surface area contributed by atoms with Crippen LogP contribution in [0.5, 0.6) is 0 Å². The topological polar surface area (TPSA) is 71.4 Å². The number of para-hydroxylation sites is 1. The van der Waals surface area contributed by atoms with Crippen molar-refractivity contribution in [2.24, 2.45) is 0 Å². The molecule has 1 fully saturated rings. The molecule has 0 radical (unpaired) electrons. The van der Waals surface area contributed by atoms with E-state index in [0.717, 1.165) is 51.3 Å². The zero-order valence-corrected chi connectivity index (χ0v) is 20.5. The number of anilines is 1. The highest BCUT2D eigenvalue weighted by Gasteiger charge is 2.36. The molecule has 4 rings (SSSR count). The van der Waals surface area contributed by atoms with Crippen LogP contribution in [-0.4, -0.2) is 33.1 Å². The van der Waals surface area contributed by atoms with Crippen molar-refractivity contribution in [3.63, 3.8) is 0 Å². The van der Waals surface area contributed by atoms with E-state index in [4.69, 9.17) is 0 Å². The van der Waals surface area contributed by atoms with Gasteiger partial charge in [-0.05, 0) is 86.0 Å². The Morgan fingerprint density at radius 1 is 1.03 bits per heavy atom. The van der Waals surface area contributed by atoms with Crippen molar-refractivity contribution in [3.8, 4) is 5.69 Å². The number of nitrogens with one attached hydrogen (secondary N) is 1. The highest BCUT2D eigenvalue weighted by atomic mass is 32.2. The van der Waals surface area contributed by atoms with Crippen LogP contribution in [0.2, 0.25) is 0 Å². The molecule has 0 unspecified atom stereocenters. The molecule has 2 aromatic carbocycles. The van der Waals surface area contributed by atoms with E-state index in [9.17, 15) is 14.4 Å². The Labute approximate surface area is 203 Å². The smallest absolute Gasteiger partial charge is 0.294 e. The van der Waals surface area contributed by atoms with Crippen LogP contribution in [0.3, 0.4) is 0 Å². The summed E-state index contributed by atoms with van der Waals surface area (Å²) in [7, 11) is 0. The van der Waals surface area contributed by atoms with Gasteiger partial charge in [-0.2, -0.15) is 0 Å². The third-order valence-corrected chi connectivity index (χ3v) is 6.75. The number of rotatable bonds is 6. The monoisotopic (exact) mass is 473 g/mol. The number of nitrogens with zero attached hydrogens (tertiary/aromatic N) is 2. The van der Waals surface area contributed by atoms with E-state index in [1.807, 2.05) is 57.2 Å². The molecule has 0 saturated carbocycles. The second kappa shape index (κ2) is 9.73. The van der Waals surface area contributed by atoms with Gasteiger partial charge in [-0.25, -0.2) is 0 Å². The van der Waals surface area contributed by atoms with Gasteiger partial charge in [0.1, 0.15) is 6.54 Å². The summed E-state index contributed by atoms with van der Waals surface area (Å²) in [6, 6.07) is 17.6. The van der Waals surface area contributed by atoms with E-state index in [0.29, 0.717) is 10.6 Å². The van der Waals surface area contributed by atoms with Crippen LogP contribution >= 0.6 is 11.8 Å². The average Bonchev–Trinajstić information content (AvgIpc) is 3.22. The number of benzene rings is 2. The zero-order valence-electron chi connectivity index (χ0n) is 19.7. The largest absolute Gasteiger partial charge is 0.325 e. The van der Waals surface area contributed by atoms with Gasteiger partial charge in [-0.1, -0.05) is 37.3 Å². The highest BCUT2D eigenvalue weighted by molar-refractivity contribution is 8.18. The van der Waals surface area contributed by atoms with Gasteiger partial charge in [-0.3, -0.25) is 19.3 Å². The predicted octanol–water partition coefficient (Wildman–Crippen LogP) is 5.64. The second-order valence-corrected chi connectivity index (χ2v) is 9.32. The number of amides is 3. The second-order valence-electron chi connectivity index (χ2n) is 8.33. The lowest BCUT2D eigenvalue weighted by Gasteiger charge is -2.14. The molecular formula is C27H27N3O3S.